The maximum Gasteiger partial charge on any atom is 0.297 e. The number of ether oxygens (including phenoxy) is 1. The number of benzene rings is 2. The summed E-state index contributed by atoms with van der Waals surface area (Å²) in [5.41, 5.74) is 2.79. The number of likely N-dealkylation sites (tertiary alicyclic amines) is 1. The maximum absolute atomic E-state index is 13.5. The lowest BCUT2D eigenvalue weighted by Crippen LogP contribution is -2.27. The molecule has 1 saturated heterocycles. The number of para-hydroxylation sites is 1. The number of carbonyl (C=O) groups is 1. The van der Waals surface area contributed by atoms with Crippen molar-refractivity contribution >= 4 is 11.7 Å². The van der Waals surface area contributed by atoms with Gasteiger partial charge in [0.05, 0.1) is 11.7 Å². The molecule has 5 rings (SSSR count). The Morgan fingerprint density at radius 3 is 2.73 bits per heavy atom. The smallest absolute Gasteiger partial charge is 0.297 e. The standard InChI is InChI=1S/C29H35N5O3/c1-20-9-10-22(28(35)32-23-11-12-23)19-25(20)34-16-13-30-27(29(34)36)31-21(2)24-7-3-4-8-26(24)37-18-17-33-14-5-6-15-33/h3-4,7-10,13,16,19,21,23H,5-6,11-12,14-15,17-18H2,1-2H3,(H,30,31)(H,32,35)/t21-/m1/s1. The Labute approximate surface area is 217 Å². The summed E-state index contributed by atoms with van der Waals surface area (Å²) in [6.45, 7) is 7.75. The highest BCUT2D eigenvalue weighted by Gasteiger charge is 2.24. The first kappa shape index (κ1) is 25.0. The predicted octanol–water partition coefficient (Wildman–Crippen LogP) is 4.08. The van der Waals surface area contributed by atoms with Crippen molar-refractivity contribution in [2.24, 2.45) is 0 Å². The Kier molecular flexibility index (Phi) is 7.55. The molecule has 8 heteroatoms. The van der Waals surface area contributed by atoms with Crippen molar-refractivity contribution in [3.63, 3.8) is 0 Å². The quantitative estimate of drug-likeness (QED) is 0.435. The highest BCUT2D eigenvalue weighted by Crippen LogP contribution is 2.27. The summed E-state index contributed by atoms with van der Waals surface area (Å²) in [4.78, 5) is 32.8. The third kappa shape index (κ3) is 6.02. The van der Waals surface area contributed by atoms with Crippen molar-refractivity contribution in [3.8, 4) is 11.4 Å². The van der Waals surface area contributed by atoms with Crippen LogP contribution in [0.3, 0.4) is 0 Å². The lowest BCUT2D eigenvalue weighted by molar-refractivity contribution is 0.0951. The molecule has 8 nitrogen and oxygen atoms in total. The largest absolute Gasteiger partial charge is 0.492 e. The molecule has 2 aromatic carbocycles. The average molecular weight is 502 g/mol. The fraction of sp³-hybridized carbons (Fsp3) is 0.414. The van der Waals surface area contributed by atoms with Gasteiger partial charge in [0.15, 0.2) is 5.82 Å². The Morgan fingerprint density at radius 1 is 1.16 bits per heavy atom. The lowest BCUT2D eigenvalue weighted by atomic mass is 10.1. The van der Waals surface area contributed by atoms with E-state index < -0.39 is 0 Å². The Balaban J connectivity index is 1.33. The minimum atomic E-state index is -0.273. The van der Waals surface area contributed by atoms with E-state index in [0.717, 1.165) is 49.4 Å². The summed E-state index contributed by atoms with van der Waals surface area (Å²) in [5.74, 6) is 0.941. The number of aromatic nitrogens is 2. The highest BCUT2D eigenvalue weighted by atomic mass is 16.5. The van der Waals surface area contributed by atoms with E-state index >= 15 is 0 Å². The van der Waals surface area contributed by atoms with Gasteiger partial charge in [-0.3, -0.25) is 19.1 Å². The van der Waals surface area contributed by atoms with Gasteiger partial charge in [-0.2, -0.15) is 0 Å². The minimum absolute atomic E-state index is 0.112. The number of aryl methyl sites for hydroxylation is 1. The molecule has 1 saturated carbocycles. The van der Waals surface area contributed by atoms with Crippen LogP contribution in [-0.2, 0) is 0 Å². The SMILES string of the molecule is Cc1ccc(C(=O)NC2CC2)cc1-n1ccnc(N[C@H](C)c2ccccc2OCCN2CCCC2)c1=O. The molecule has 2 aliphatic rings. The second kappa shape index (κ2) is 11.2. The van der Waals surface area contributed by atoms with Crippen molar-refractivity contribution in [3.05, 3.63) is 81.9 Å². The van der Waals surface area contributed by atoms with Crippen LogP contribution in [0.1, 0.15) is 60.1 Å². The first-order valence-corrected chi connectivity index (χ1v) is 13.2. The minimum Gasteiger partial charge on any atom is -0.492 e. The highest BCUT2D eigenvalue weighted by molar-refractivity contribution is 5.95. The molecule has 2 heterocycles. The number of rotatable bonds is 10. The van der Waals surface area contributed by atoms with Crippen LogP contribution in [0, 0.1) is 6.92 Å². The van der Waals surface area contributed by atoms with Gasteiger partial charge in [0, 0.05) is 36.1 Å². The van der Waals surface area contributed by atoms with E-state index in [-0.39, 0.29) is 29.4 Å². The van der Waals surface area contributed by atoms with Crippen molar-refractivity contribution < 1.29 is 9.53 Å². The molecule has 0 unspecified atom stereocenters. The number of anilines is 1. The molecular formula is C29H35N5O3. The van der Waals surface area contributed by atoms with Gasteiger partial charge >= 0.3 is 0 Å². The number of hydrogen-bond acceptors (Lipinski definition) is 6. The van der Waals surface area contributed by atoms with E-state index in [9.17, 15) is 9.59 Å². The van der Waals surface area contributed by atoms with Gasteiger partial charge < -0.3 is 15.4 Å². The molecule has 0 spiro atoms. The Hall–Kier alpha value is -3.65. The summed E-state index contributed by atoms with van der Waals surface area (Å²) in [6, 6.07) is 13.4. The van der Waals surface area contributed by atoms with E-state index in [0.29, 0.717) is 17.9 Å². The second-order valence-electron chi connectivity index (χ2n) is 10.0. The fourth-order valence-electron chi connectivity index (χ4n) is 4.75. The van der Waals surface area contributed by atoms with E-state index in [1.165, 1.54) is 12.8 Å². The van der Waals surface area contributed by atoms with E-state index in [1.54, 1.807) is 29.1 Å². The van der Waals surface area contributed by atoms with Crippen LogP contribution in [0.2, 0.25) is 0 Å². The summed E-state index contributed by atoms with van der Waals surface area (Å²) >= 11 is 0. The third-order valence-electron chi connectivity index (χ3n) is 7.09. The van der Waals surface area contributed by atoms with Crippen molar-refractivity contribution in [1.29, 1.82) is 0 Å². The third-order valence-corrected chi connectivity index (χ3v) is 7.09. The zero-order chi connectivity index (χ0) is 25.8. The molecule has 1 amide bonds. The number of carbonyl (C=O) groups excluding carboxylic acids is 1. The van der Waals surface area contributed by atoms with Gasteiger partial charge in [-0.05, 0) is 76.4 Å². The van der Waals surface area contributed by atoms with Gasteiger partial charge in [0.25, 0.3) is 11.5 Å². The topological polar surface area (TPSA) is 88.5 Å². The second-order valence-corrected chi connectivity index (χ2v) is 10.0. The molecule has 0 bridgehead atoms. The van der Waals surface area contributed by atoms with Gasteiger partial charge in [-0.1, -0.05) is 24.3 Å². The molecule has 37 heavy (non-hydrogen) atoms. The van der Waals surface area contributed by atoms with Gasteiger partial charge in [0.2, 0.25) is 0 Å². The molecule has 1 aliphatic carbocycles. The molecule has 2 fully saturated rings. The monoisotopic (exact) mass is 501 g/mol. The van der Waals surface area contributed by atoms with E-state index in [4.69, 9.17) is 4.74 Å². The van der Waals surface area contributed by atoms with Crippen LogP contribution in [-0.4, -0.2) is 52.6 Å². The predicted molar refractivity (Wildman–Crippen MR) is 145 cm³/mol. The normalized spacial score (nSPS) is 16.4. The molecule has 3 aromatic rings. The Bertz CT molecular complexity index is 1310. The number of nitrogens with one attached hydrogen (secondary N) is 2. The van der Waals surface area contributed by atoms with Crippen molar-refractivity contribution in [2.45, 2.75) is 51.6 Å². The zero-order valence-corrected chi connectivity index (χ0v) is 21.6. The zero-order valence-electron chi connectivity index (χ0n) is 21.6. The lowest BCUT2D eigenvalue weighted by Gasteiger charge is -2.20. The number of nitrogens with zero attached hydrogens (tertiary/aromatic N) is 3. The first-order valence-electron chi connectivity index (χ1n) is 13.2. The molecule has 1 aliphatic heterocycles. The number of amides is 1. The van der Waals surface area contributed by atoms with E-state index in [1.807, 2.05) is 44.2 Å². The number of hydrogen-bond donors (Lipinski definition) is 2. The molecule has 1 atom stereocenters. The summed E-state index contributed by atoms with van der Waals surface area (Å²) in [5, 5.41) is 6.29. The summed E-state index contributed by atoms with van der Waals surface area (Å²) < 4.78 is 7.69. The van der Waals surface area contributed by atoms with Crippen LogP contribution in [0.4, 0.5) is 5.82 Å². The van der Waals surface area contributed by atoms with Crippen LogP contribution >= 0.6 is 0 Å². The van der Waals surface area contributed by atoms with Crippen molar-refractivity contribution in [1.82, 2.24) is 19.8 Å². The van der Waals surface area contributed by atoms with Crippen LogP contribution in [0.25, 0.3) is 5.69 Å². The first-order chi connectivity index (χ1) is 18.0. The van der Waals surface area contributed by atoms with Crippen LogP contribution < -0.4 is 20.9 Å². The molecule has 2 N–H and O–H groups in total. The van der Waals surface area contributed by atoms with Crippen LogP contribution in [0.15, 0.2) is 59.7 Å². The molecular weight excluding hydrogens is 466 g/mol. The average Bonchev–Trinajstić information content (AvgIpc) is 3.56. The van der Waals surface area contributed by atoms with Gasteiger partial charge in [-0.15, -0.1) is 0 Å². The molecule has 1 aromatic heterocycles. The maximum atomic E-state index is 13.5. The summed E-state index contributed by atoms with van der Waals surface area (Å²) in [6.07, 6.45) is 7.80. The Morgan fingerprint density at radius 2 is 1.95 bits per heavy atom. The molecule has 0 radical (unpaired) electrons. The van der Waals surface area contributed by atoms with Gasteiger partial charge in [-0.25, -0.2) is 4.98 Å². The van der Waals surface area contributed by atoms with Crippen LogP contribution in [0.5, 0.6) is 5.75 Å². The molecule has 194 valence electrons. The van der Waals surface area contributed by atoms with Crippen molar-refractivity contribution in [2.75, 3.05) is 31.6 Å². The van der Waals surface area contributed by atoms with Gasteiger partial charge in [0.1, 0.15) is 12.4 Å². The summed E-state index contributed by atoms with van der Waals surface area (Å²) in [7, 11) is 0. The van der Waals surface area contributed by atoms with E-state index in [2.05, 4.69) is 20.5 Å². The fourth-order valence-corrected chi connectivity index (χ4v) is 4.75.